The van der Waals surface area contributed by atoms with Crippen molar-refractivity contribution in [3.63, 3.8) is 0 Å². The second-order valence-electron chi connectivity index (χ2n) is 2.07. The van der Waals surface area contributed by atoms with Crippen LogP contribution in [0, 0.1) is 0 Å². The van der Waals surface area contributed by atoms with Crippen molar-refractivity contribution in [3.05, 3.63) is 0 Å². The fraction of sp³-hybridized carbons (Fsp3) is 0.667. The molecular formula is C6H12N2O5. The van der Waals surface area contributed by atoms with E-state index in [0.29, 0.717) is 0 Å². The van der Waals surface area contributed by atoms with Gasteiger partial charge in [0, 0.05) is 0 Å². The molecule has 2 atom stereocenters. The molecule has 7 heteroatoms. The van der Waals surface area contributed by atoms with Gasteiger partial charge in [0.15, 0.2) is 0 Å². The number of aliphatic hydroxyl groups is 1. The van der Waals surface area contributed by atoms with Gasteiger partial charge in [0.05, 0.1) is 10.7 Å². The van der Waals surface area contributed by atoms with Crippen LogP contribution in [0.2, 0.25) is 0 Å². The van der Waals surface area contributed by atoms with Gasteiger partial charge in [-0.1, -0.05) is 0 Å². The standard InChI is InChI=1S/C6H12N2O5/c7-3(1-9)6(12)13-2-4(8)5(10)11/h3-4,9H,1-2,7-8H2,(H,10,11)/t3-,4-/m0/s1/i1D2,3D. The van der Waals surface area contributed by atoms with E-state index in [1.807, 2.05) is 0 Å². The third-order valence-electron chi connectivity index (χ3n) is 1.05. The van der Waals surface area contributed by atoms with Crippen LogP contribution in [0.1, 0.15) is 4.11 Å². The minimum absolute atomic E-state index is 0.776. The first kappa shape index (κ1) is 7.25. The van der Waals surface area contributed by atoms with E-state index in [2.05, 4.69) is 4.74 Å². The molecule has 76 valence electrons. The molecule has 6 N–H and O–H groups in total. The van der Waals surface area contributed by atoms with Crippen LogP contribution in [0.15, 0.2) is 0 Å². The van der Waals surface area contributed by atoms with E-state index in [-0.39, 0.29) is 0 Å². The van der Waals surface area contributed by atoms with Crippen molar-refractivity contribution >= 4 is 11.9 Å². The Kier molecular flexibility index (Phi) is 3.04. The van der Waals surface area contributed by atoms with Gasteiger partial charge in [-0.3, -0.25) is 9.59 Å². The Morgan fingerprint density at radius 1 is 1.62 bits per heavy atom. The number of ether oxygens (including phenoxy) is 1. The van der Waals surface area contributed by atoms with Crippen LogP contribution >= 0.6 is 0 Å². The number of rotatable bonds is 5. The fourth-order valence-corrected chi connectivity index (χ4v) is 0.360. The second-order valence-corrected chi connectivity index (χ2v) is 2.07. The highest BCUT2D eigenvalue weighted by molar-refractivity contribution is 5.77. The molecule has 0 radical (unpaired) electrons. The van der Waals surface area contributed by atoms with Crippen LogP contribution in [0.4, 0.5) is 0 Å². The number of hydrogen-bond donors (Lipinski definition) is 4. The lowest BCUT2D eigenvalue weighted by molar-refractivity contribution is -0.149. The fourth-order valence-electron chi connectivity index (χ4n) is 0.360. The summed E-state index contributed by atoms with van der Waals surface area (Å²) in [5, 5.41) is 17.1. The van der Waals surface area contributed by atoms with E-state index >= 15 is 0 Å². The van der Waals surface area contributed by atoms with E-state index in [0.717, 1.165) is 0 Å². The molecule has 0 saturated carbocycles. The lowest BCUT2D eigenvalue weighted by Gasteiger charge is -2.10. The summed E-state index contributed by atoms with van der Waals surface area (Å²) in [5.74, 6) is -3.05. The quantitative estimate of drug-likeness (QED) is 0.349. The molecular weight excluding hydrogens is 180 g/mol. The molecule has 0 heterocycles. The largest absolute Gasteiger partial charge is 0.480 e. The molecule has 0 spiro atoms. The summed E-state index contributed by atoms with van der Waals surface area (Å²) >= 11 is 0. The minimum atomic E-state index is -3.32. The lowest BCUT2D eigenvalue weighted by atomic mass is 10.3. The number of carboxylic acid groups (broad SMARTS) is 1. The van der Waals surface area contributed by atoms with Crippen LogP contribution in [-0.4, -0.2) is 47.4 Å². The molecule has 0 amide bonds. The maximum Gasteiger partial charge on any atom is 0.325 e. The molecule has 13 heavy (non-hydrogen) atoms. The lowest BCUT2D eigenvalue weighted by Crippen LogP contribution is -2.40. The molecule has 0 aromatic rings. The maximum atomic E-state index is 11.1. The molecule has 0 aliphatic carbocycles. The first-order valence-corrected chi connectivity index (χ1v) is 3.17. The zero-order chi connectivity index (χ0) is 13.1. The van der Waals surface area contributed by atoms with Crippen molar-refractivity contribution in [2.45, 2.75) is 12.1 Å². The van der Waals surface area contributed by atoms with Crippen LogP contribution in [0.25, 0.3) is 0 Å². The van der Waals surface area contributed by atoms with E-state index in [1.54, 1.807) is 0 Å². The monoisotopic (exact) mass is 195 g/mol. The van der Waals surface area contributed by atoms with E-state index in [1.165, 1.54) is 0 Å². The average molecular weight is 195 g/mol. The summed E-state index contributed by atoms with van der Waals surface area (Å²) in [6.07, 6.45) is 0. The van der Waals surface area contributed by atoms with Gasteiger partial charge < -0.3 is 26.4 Å². The Morgan fingerprint density at radius 2 is 2.15 bits per heavy atom. The van der Waals surface area contributed by atoms with Gasteiger partial charge in [0.1, 0.15) is 18.7 Å². The Bertz CT molecular complexity index is 290. The Labute approximate surface area is 78.5 Å². The molecule has 0 rings (SSSR count). The van der Waals surface area contributed by atoms with Crippen molar-refractivity contribution in [1.82, 2.24) is 0 Å². The van der Waals surface area contributed by atoms with Gasteiger partial charge in [0.2, 0.25) is 0 Å². The predicted molar refractivity (Wildman–Crippen MR) is 41.6 cm³/mol. The topological polar surface area (TPSA) is 136 Å². The zero-order valence-corrected chi connectivity index (χ0v) is 6.56. The predicted octanol–water partition coefficient (Wildman–Crippen LogP) is -2.74. The summed E-state index contributed by atoms with van der Waals surface area (Å²) in [6.45, 7) is -4.10. The third kappa shape index (κ3) is 4.41. The minimum Gasteiger partial charge on any atom is -0.480 e. The van der Waals surface area contributed by atoms with Crippen LogP contribution in [0.3, 0.4) is 0 Å². The molecule has 0 fully saturated rings. The van der Waals surface area contributed by atoms with Crippen molar-refractivity contribution in [2.75, 3.05) is 13.2 Å². The number of esters is 1. The Balaban J connectivity index is 4.44. The highest BCUT2D eigenvalue weighted by atomic mass is 16.5. The summed E-state index contributed by atoms with van der Waals surface area (Å²) in [6, 6.07) is -4.56. The molecule has 0 saturated heterocycles. The van der Waals surface area contributed by atoms with Crippen LogP contribution < -0.4 is 11.5 Å². The molecule has 0 bridgehead atoms. The van der Waals surface area contributed by atoms with Crippen molar-refractivity contribution < 1.29 is 28.7 Å². The maximum absolute atomic E-state index is 11.1. The van der Waals surface area contributed by atoms with E-state index in [9.17, 15) is 9.59 Å². The Morgan fingerprint density at radius 3 is 2.54 bits per heavy atom. The third-order valence-corrected chi connectivity index (χ3v) is 1.05. The van der Waals surface area contributed by atoms with Gasteiger partial charge in [-0.15, -0.1) is 0 Å². The summed E-state index contributed by atoms with van der Waals surface area (Å²) in [7, 11) is 0. The van der Waals surface area contributed by atoms with Crippen molar-refractivity contribution in [2.24, 2.45) is 11.5 Å². The molecule has 0 aromatic heterocycles. The van der Waals surface area contributed by atoms with Crippen LogP contribution in [0.5, 0.6) is 0 Å². The number of hydrogen-bond acceptors (Lipinski definition) is 6. The first-order valence-electron chi connectivity index (χ1n) is 4.67. The summed E-state index contributed by atoms with van der Waals surface area (Å²) < 4.78 is 24.6. The highest BCUT2D eigenvalue weighted by Gasteiger charge is 2.18. The van der Waals surface area contributed by atoms with E-state index < -0.39 is 37.2 Å². The SMILES string of the molecule is [2H]C([2H])(O)[C@]([2H])(N)C(=O)OC[C@H](N)C(=O)O. The zero-order valence-electron chi connectivity index (χ0n) is 9.56. The molecule has 0 aliphatic heterocycles. The number of carbonyl (C=O) groups is 2. The average Bonchev–Trinajstić information content (AvgIpc) is 2.11. The molecule has 0 aliphatic rings. The van der Waals surface area contributed by atoms with Crippen molar-refractivity contribution in [3.8, 4) is 0 Å². The summed E-state index contributed by atoms with van der Waals surface area (Å²) in [4.78, 5) is 21.3. The number of aliphatic carboxylic acids is 1. The van der Waals surface area contributed by atoms with Gasteiger partial charge in [-0.05, 0) is 0 Å². The van der Waals surface area contributed by atoms with Gasteiger partial charge in [-0.2, -0.15) is 0 Å². The highest BCUT2D eigenvalue weighted by Crippen LogP contribution is 1.87. The molecule has 0 unspecified atom stereocenters. The molecule has 0 aromatic carbocycles. The van der Waals surface area contributed by atoms with E-state index in [4.69, 9.17) is 25.8 Å². The number of carbonyl (C=O) groups excluding carboxylic acids is 1. The van der Waals surface area contributed by atoms with Gasteiger partial charge >= 0.3 is 11.9 Å². The van der Waals surface area contributed by atoms with Crippen molar-refractivity contribution in [1.29, 1.82) is 0 Å². The second kappa shape index (κ2) is 5.46. The first-order chi connectivity index (χ1) is 7.00. The number of carboxylic acids is 1. The van der Waals surface area contributed by atoms with Gasteiger partial charge in [0.25, 0.3) is 0 Å². The Hall–Kier alpha value is -1.18. The summed E-state index contributed by atoms with van der Waals surface area (Å²) in [5.41, 5.74) is 9.86. The molecule has 7 nitrogen and oxygen atoms in total. The van der Waals surface area contributed by atoms with Gasteiger partial charge in [-0.25, -0.2) is 0 Å². The smallest absolute Gasteiger partial charge is 0.325 e. The van der Waals surface area contributed by atoms with Crippen LogP contribution in [-0.2, 0) is 14.3 Å². The number of nitrogens with two attached hydrogens (primary N) is 2. The normalized spacial score (nSPS) is 21.6.